The lowest BCUT2D eigenvalue weighted by Gasteiger charge is -2.21. The van der Waals surface area contributed by atoms with Crippen LogP contribution in [0.25, 0.3) is 0 Å². The molecule has 22 heavy (non-hydrogen) atoms. The molecule has 0 fully saturated rings. The molecule has 0 aliphatic heterocycles. The first-order valence-electron chi connectivity index (χ1n) is 7.10. The molecule has 116 valence electrons. The third-order valence-corrected chi connectivity index (χ3v) is 4.05. The molecule has 2 rings (SSSR count). The third-order valence-electron chi connectivity index (χ3n) is 3.31. The molecule has 1 amide bonds. The SMILES string of the molecule is CCN(Cc1ccccc1)C(=O)CNc1ccc(Cl)c(Cl)c1. The highest BCUT2D eigenvalue weighted by Gasteiger charge is 2.12. The average Bonchev–Trinajstić information content (AvgIpc) is 2.54. The fraction of sp³-hybridized carbons (Fsp3) is 0.235. The zero-order chi connectivity index (χ0) is 15.9. The molecule has 0 aromatic heterocycles. The largest absolute Gasteiger partial charge is 0.376 e. The number of halogens is 2. The Hall–Kier alpha value is -1.71. The molecular weight excluding hydrogens is 319 g/mol. The summed E-state index contributed by atoms with van der Waals surface area (Å²) in [5.41, 5.74) is 1.89. The second-order valence-electron chi connectivity index (χ2n) is 4.88. The van der Waals surface area contributed by atoms with E-state index in [1.807, 2.05) is 37.3 Å². The fourth-order valence-corrected chi connectivity index (χ4v) is 2.37. The van der Waals surface area contributed by atoms with Crippen LogP contribution in [0.15, 0.2) is 48.5 Å². The van der Waals surface area contributed by atoms with Crippen LogP contribution in [0.5, 0.6) is 0 Å². The van der Waals surface area contributed by atoms with Crippen LogP contribution in [0.2, 0.25) is 10.0 Å². The van der Waals surface area contributed by atoms with Crippen LogP contribution in [0.3, 0.4) is 0 Å². The molecule has 0 heterocycles. The van der Waals surface area contributed by atoms with Gasteiger partial charge in [-0.3, -0.25) is 4.79 Å². The molecule has 1 N–H and O–H groups in total. The lowest BCUT2D eigenvalue weighted by atomic mass is 10.2. The lowest BCUT2D eigenvalue weighted by Crippen LogP contribution is -2.34. The number of nitrogens with zero attached hydrogens (tertiary/aromatic N) is 1. The van der Waals surface area contributed by atoms with Crippen LogP contribution in [0, 0.1) is 0 Å². The molecule has 0 aliphatic carbocycles. The number of carbonyl (C=O) groups excluding carboxylic acids is 1. The van der Waals surface area contributed by atoms with Crippen molar-refractivity contribution < 1.29 is 4.79 Å². The second kappa shape index (κ2) is 8.06. The average molecular weight is 337 g/mol. The topological polar surface area (TPSA) is 32.3 Å². The Balaban J connectivity index is 1.93. The Morgan fingerprint density at radius 1 is 1.09 bits per heavy atom. The summed E-state index contributed by atoms with van der Waals surface area (Å²) in [4.78, 5) is 14.1. The minimum atomic E-state index is 0.0393. The second-order valence-corrected chi connectivity index (χ2v) is 5.69. The van der Waals surface area contributed by atoms with Gasteiger partial charge in [-0.2, -0.15) is 0 Å². The van der Waals surface area contributed by atoms with Gasteiger partial charge in [-0.1, -0.05) is 53.5 Å². The maximum atomic E-state index is 12.3. The molecule has 0 saturated carbocycles. The van der Waals surface area contributed by atoms with Crippen LogP contribution in [0.4, 0.5) is 5.69 Å². The molecular formula is C17H18Cl2N2O. The zero-order valence-electron chi connectivity index (χ0n) is 12.4. The molecule has 0 radical (unpaired) electrons. The van der Waals surface area contributed by atoms with E-state index in [2.05, 4.69) is 5.32 Å². The Labute approximate surface area is 140 Å². The number of amides is 1. The van der Waals surface area contributed by atoms with Crippen LogP contribution >= 0.6 is 23.2 Å². The molecule has 5 heteroatoms. The van der Waals surface area contributed by atoms with E-state index in [4.69, 9.17) is 23.2 Å². The van der Waals surface area contributed by atoms with Gasteiger partial charge >= 0.3 is 0 Å². The summed E-state index contributed by atoms with van der Waals surface area (Å²) in [6.07, 6.45) is 0. The lowest BCUT2D eigenvalue weighted by molar-refractivity contribution is -0.129. The van der Waals surface area contributed by atoms with Crippen LogP contribution in [0.1, 0.15) is 12.5 Å². The van der Waals surface area contributed by atoms with E-state index >= 15 is 0 Å². The number of benzene rings is 2. The Kier molecular flexibility index (Phi) is 6.10. The number of carbonyl (C=O) groups is 1. The van der Waals surface area contributed by atoms with Crippen LogP contribution in [-0.2, 0) is 11.3 Å². The number of rotatable bonds is 6. The molecule has 0 spiro atoms. The van der Waals surface area contributed by atoms with Crippen molar-refractivity contribution in [1.82, 2.24) is 4.90 Å². The summed E-state index contributed by atoms with van der Waals surface area (Å²) in [6, 6.07) is 15.2. The van der Waals surface area contributed by atoms with E-state index in [0.29, 0.717) is 23.1 Å². The number of hydrogen-bond donors (Lipinski definition) is 1. The van der Waals surface area contributed by atoms with E-state index in [-0.39, 0.29) is 12.5 Å². The first-order valence-corrected chi connectivity index (χ1v) is 7.86. The summed E-state index contributed by atoms with van der Waals surface area (Å²) < 4.78 is 0. The van der Waals surface area contributed by atoms with Crippen molar-refractivity contribution in [3.8, 4) is 0 Å². The molecule has 0 saturated heterocycles. The number of nitrogens with one attached hydrogen (secondary N) is 1. The van der Waals surface area contributed by atoms with E-state index in [0.717, 1.165) is 11.3 Å². The van der Waals surface area contributed by atoms with E-state index in [1.165, 1.54) is 0 Å². The summed E-state index contributed by atoms with van der Waals surface area (Å²) in [5.74, 6) is 0.0393. The molecule has 2 aromatic rings. The summed E-state index contributed by atoms with van der Waals surface area (Å²) in [6.45, 7) is 3.47. The molecule has 0 unspecified atom stereocenters. The minimum Gasteiger partial charge on any atom is -0.376 e. The summed E-state index contributed by atoms with van der Waals surface area (Å²) >= 11 is 11.8. The zero-order valence-corrected chi connectivity index (χ0v) is 13.9. The quantitative estimate of drug-likeness (QED) is 0.844. The van der Waals surface area contributed by atoms with Gasteiger partial charge in [0.2, 0.25) is 5.91 Å². The summed E-state index contributed by atoms with van der Waals surface area (Å²) in [5, 5.41) is 4.05. The first kappa shape index (κ1) is 16.7. The number of likely N-dealkylation sites (N-methyl/N-ethyl adjacent to an activating group) is 1. The predicted molar refractivity (Wildman–Crippen MR) is 92.5 cm³/mol. The van der Waals surface area contributed by atoms with Crippen LogP contribution in [-0.4, -0.2) is 23.9 Å². The van der Waals surface area contributed by atoms with Gasteiger partial charge in [-0.05, 0) is 30.7 Å². The number of anilines is 1. The Morgan fingerprint density at radius 2 is 1.82 bits per heavy atom. The first-order chi connectivity index (χ1) is 10.6. The molecule has 0 bridgehead atoms. The Morgan fingerprint density at radius 3 is 2.45 bits per heavy atom. The van der Waals surface area contributed by atoms with Crippen molar-refractivity contribution in [2.24, 2.45) is 0 Å². The number of hydrogen-bond acceptors (Lipinski definition) is 2. The predicted octanol–water partition coefficient (Wildman–Crippen LogP) is 4.45. The van der Waals surface area contributed by atoms with Gasteiger partial charge in [0.05, 0.1) is 16.6 Å². The van der Waals surface area contributed by atoms with Crippen molar-refractivity contribution in [2.45, 2.75) is 13.5 Å². The van der Waals surface area contributed by atoms with E-state index < -0.39 is 0 Å². The Bertz CT molecular complexity index is 632. The van der Waals surface area contributed by atoms with Crippen molar-refractivity contribution in [2.75, 3.05) is 18.4 Å². The highest BCUT2D eigenvalue weighted by Crippen LogP contribution is 2.24. The maximum absolute atomic E-state index is 12.3. The fourth-order valence-electron chi connectivity index (χ4n) is 2.08. The third kappa shape index (κ3) is 4.65. The van der Waals surface area contributed by atoms with Gasteiger partial charge in [-0.25, -0.2) is 0 Å². The van der Waals surface area contributed by atoms with Gasteiger partial charge < -0.3 is 10.2 Å². The van der Waals surface area contributed by atoms with Crippen LogP contribution < -0.4 is 5.32 Å². The van der Waals surface area contributed by atoms with Crippen molar-refractivity contribution in [3.05, 3.63) is 64.1 Å². The van der Waals surface area contributed by atoms with E-state index in [9.17, 15) is 4.79 Å². The molecule has 2 aromatic carbocycles. The minimum absolute atomic E-state index is 0.0393. The standard InChI is InChI=1S/C17H18Cl2N2O/c1-2-21(12-13-6-4-3-5-7-13)17(22)11-20-14-8-9-15(18)16(19)10-14/h3-10,20H,2,11-12H2,1H3. The molecule has 0 aliphatic rings. The highest BCUT2D eigenvalue weighted by molar-refractivity contribution is 6.42. The summed E-state index contributed by atoms with van der Waals surface area (Å²) in [7, 11) is 0. The van der Waals surface area contributed by atoms with Crippen molar-refractivity contribution in [3.63, 3.8) is 0 Å². The van der Waals surface area contributed by atoms with Gasteiger partial charge in [0, 0.05) is 18.8 Å². The smallest absolute Gasteiger partial charge is 0.242 e. The molecule has 0 atom stereocenters. The van der Waals surface area contributed by atoms with Gasteiger partial charge in [-0.15, -0.1) is 0 Å². The van der Waals surface area contributed by atoms with Crippen molar-refractivity contribution in [1.29, 1.82) is 0 Å². The van der Waals surface area contributed by atoms with E-state index in [1.54, 1.807) is 23.1 Å². The van der Waals surface area contributed by atoms with Gasteiger partial charge in [0.1, 0.15) is 0 Å². The maximum Gasteiger partial charge on any atom is 0.242 e. The monoisotopic (exact) mass is 336 g/mol. The van der Waals surface area contributed by atoms with Gasteiger partial charge in [0.25, 0.3) is 0 Å². The molecule has 3 nitrogen and oxygen atoms in total. The highest BCUT2D eigenvalue weighted by atomic mass is 35.5. The van der Waals surface area contributed by atoms with Gasteiger partial charge in [0.15, 0.2) is 0 Å². The van der Waals surface area contributed by atoms with Crippen molar-refractivity contribution >= 4 is 34.8 Å². The normalized spacial score (nSPS) is 10.3.